The molecule has 1 aromatic heterocycles. The first-order valence-corrected chi connectivity index (χ1v) is 25.8. The zero-order chi connectivity index (χ0) is 50.4. The molecule has 5 N–H and O–H groups in total. The lowest BCUT2D eigenvalue weighted by Crippen LogP contribution is -2.49. The summed E-state index contributed by atoms with van der Waals surface area (Å²) in [6.07, 6.45) is 9.77. The van der Waals surface area contributed by atoms with Crippen molar-refractivity contribution in [3.63, 3.8) is 0 Å². The van der Waals surface area contributed by atoms with Gasteiger partial charge in [0.1, 0.15) is 11.6 Å². The number of carbonyl (C=O) groups is 4. The van der Waals surface area contributed by atoms with Gasteiger partial charge in [0.25, 0.3) is 0 Å². The first-order chi connectivity index (χ1) is 34.7. The third-order valence-corrected chi connectivity index (χ3v) is 16.7. The summed E-state index contributed by atoms with van der Waals surface area (Å²) in [6, 6.07) is 20.2. The fraction of sp³-hybridized carbons (Fsp3) is 0.482. The third kappa shape index (κ3) is 9.32. The highest BCUT2D eigenvalue weighted by Gasteiger charge is 2.50. The van der Waals surface area contributed by atoms with E-state index < -0.39 is 35.1 Å². The van der Waals surface area contributed by atoms with Crippen LogP contribution in [0, 0.1) is 30.4 Å². The molecule has 72 heavy (non-hydrogen) atoms. The number of amides is 5. The largest absolute Gasteiger partial charge is 0.494 e. The number of anilines is 1. The molecule has 0 spiro atoms. The number of ether oxygens (including phenoxy) is 2. The number of hydrogen-bond acceptors (Lipinski definition) is 9. The predicted molar refractivity (Wildman–Crippen MR) is 271 cm³/mol. The maximum Gasteiger partial charge on any atom is 0.329 e. The van der Waals surface area contributed by atoms with E-state index in [4.69, 9.17) is 15.2 Å². The summed E-state index contributed by atoms with van der Waals surface area (Å²) in [5.41, 5.74) is 8.74. The molecule has 0 radical (unpaired) electrons. The number of imide groups is 1. The second kappa shape index (κ2) is 20.3. The van der Waals surface area contributed by atoms with Crippen LogP contribution in [-0.4, -0.2) is 90.4 Å². The van der Waals surface area contributed by atoms with Gasteiger partial charge in [-0.2, -0.15) is 5.10 Å². The molecule has 4 fully saturated rings. The van der Waals surface area contributed by atoms with E-state index in [-0.39, 0.29) is 70.0 Å². The van der Waals surface area contributed by atoms with Crippen molar-refractivity contribution in [2.75, 3.05) is 44.7 Å². The highest BCUT2D eigenvalue weighted by Crippen LogP contribution is 2.56. The van der Waals surface area contributed by atoms with Gasteiger partial charge >= 0.3 is 6.03 Å². The van der Waals surface area contributed by atoms with Crippen molar-refractivity contribution in [1.29, 1.82) is 0 Å². The zero-order valence-corrected chi connectivity index (χ0v) is 41.7. The van der Waals surface area contributed by atoms with Gasteiger partial charge in [0.05, 0.1) is 18.2 Å². The first kappa shape index (κ1) is 49.2. The number of rotatable bonds is 13. The predicted octanol–water partition coefficient (Wildman–Crippen LogP) is 8.48. The average molecular weight is 985 g/mol. The van der Waals surface area contributed by atoms with Gasteiger partial charge in [0, 0.05) is 79.6 Å². The Hall–Kier alpha value is -6.39. The summed E-state index contributed by atoms with van der Waals surface area (Å²) >= 11 is 0. The summed E-state index contributed by atoms with van der Waals surface area (Å²) in [5, 5.41) is 15.2. The molecule has 0 bridgehead atoms. The number of fused-ring (bicyclic) bond motifs is 2. The molecule has 4 heterocycles. The molecule has 380 valence electrons. The number of urea groups is 1. The lowest BCUT2D eigenvalue weighted by atomic mass is 9.76. The van der Waals surface area contributed by atoms with E-state index in [0.29, 0.717) is 36.3 Å². The first-order valence-electron chi connectivity index (χ1n) is 25.8. The fourth-order valence-electron chi connectivity index (χ4n) is 12.5. The summed E-state index contributed by atoms with van der Waals surface area (Å²) in [6.45, 7) is 7.45. The maximum absolute atomic E-state index is 16.3. The van der Waals surface area contributed by atoms with Gasteiger partial charge in [-0.05, 0) is 143 Å². The Labute approximate surface area is 419 Å². The Morgan fingerprint density at radius 1 is 0.903 bits per heavy atom. The van der Waals surface area contributed by atoms with Crippen LogP contribution in [0.3, 0.4) is 0 Å². The molecule has 2 saturated carbocycles. The monoisotopic (exact) mass is 985 g/mol. The van der Waals surface area contributed by atoms with Gasteiger partial charge < -0.3 is 30.7 Å². The number of carbonyl (C=O) groups excluding carboxylic acids is 4. The number of nitrogens with one attached hydrogen (secondary N) is 3. The van der Waals surface area contributed by atoms with Crippen LogP contribution in [0.15, 0.2) is 66.7 Å². The van der Waals surface area contributed by atoms with E-state index in [1.54, 1.807) is 11.8 Å². The van der Waals surface area contributed by atoms with E-state index in [1.165, 1.54) is 30.9 Å². The minimum atomic E-state index is -1.01. The van der Waals surface area contributed by atoms with Crippen molar-refractivity contribution in [2.24, 2.45) is 24.6 Å². The molecule has 2 atom stereocenters. The van der Waals surface area contributed by atoms with Gasteiger partial charge in [-0.15, -0.1) is 0 Å². The van der Waals surface area contributed by atoms with Gasteiger partial charge in [-0.1, -0.05) is 43.3 Å². The number of likely N-dealkylation sites (tertiary alicyclic amines) is 1. The quantitative estimate of drug-likeness (QED) is 0.0903. The number of aromatic nitrogens is 2. The normalized spacial score (nSPS) is 25.0. The second-order valence-corrected chi connectivity index (χ2v) is 20.9. The minimum absolute atomic E-state index is 0.0504. The zero-order valence-electron chi connectivity index (χ0n) is 41.7. The van der Waals surface area contributed by atoms with Crippen LogP contribution in [0.25, 0.3) is 22.0 Å². The van der Waals surface area contributed by atoms with Gasteiger partial charge in [-0.3, -0.25) is 29.3 Å². The van der Waals surface area contributed by atoms with Crippen LogP contribution in [0.4, 0.5) is 19.4 Å². The Morgan fingerprint density at radius 3 is 2.32 bits per heavy atom. The van der Waals surface area contributed by atoms with Crippen LogP contribution in [0.5, 0.6) is 11.5 Å². The van der Waals surface area contributed by atoms with Crippen LogP contribution in [0.2, 0.25) is 0 Å². The number of piperidine rings is 1. The summed E-state index contributed by atoms with van der Waals surface area (Å²) in [4.78, 5) is 54.9. The molecule has 5 amide bonds. The number of halogens is 2. The second-order valence-electron chi connectivity index (χ2n) is 20.9. The Balaban J connectivity index is 0.708. The lowest BCUT2D eigenvalue weighted by Gasteiger charge is -2.38. The maximum atomic E-state index is 16.3. The molecular weight excluding hydrogens is 919 g/mol. The van der Waals surface area contributed by atoms with Crippen molar-refractivity contribution >= 4 is 40.5 Å². The molecular formula is C56H66F2N8O6. The van der Waals surface area contributed by atoms with Crippen LogP contribution in [0.1, 0.15) is 122 Å². The molecule has 14 nitrogen and oxygen atoms in total. The van der Waals surface area contributed by atoms with E-state index in [9.17, 15) is 19.2 Å². The van der Waals surface area contributed by atoms with E-state index >= 15 is 8.78 Å². The van der Waals surface area contributed by atoms with Crippen molar-refractivity contribution in [3.05, 3.63) is 106 Å². The molecule has 2 aliphatic carbocycles. The number of hydrogen-bond donors (Lipinski definition) is 4. The third-order valence-electron chi connectivity index (χ3n) is 16.7. The van der Waals surface area contributed by atoms with Crippen LogP contribution >= 0.6 is 0 Å². The smallest absolute Gasteiger partial charge is 0.329 e. The van der Waals surface area contributed by atoms with Crippen LogP contribution in [-0.2, 0) is 22.2 Å². The van der Waals surface area contributed by atoms with Crippen LogP contribution < -0.4 is 36.1 Å². The number of benzene rings is 4. The number of aryl methyl sites for hydroxylation is 1. The van der Waals surface area contributed by atoms with E-state index in [1.807, 2.05) is 49.0 Å². The molecule has 16 heteroatoms. The fourth-order valence-corrected chi connectivity index (χ4v) is 12.5. The van der Waals surface area contributed by atoms with E-state index in [0.717, 1.165) is 100 Å². The summed E-state index contributed by atoms with van der Waals surface area (Å²) in [5.74, 6) is -0.966. The molecule has 2 saturated heterocycles. The minimum Gasteiger partial charge on any atom is -0.494 e. The summed E-state index contributed by atoms with van der Waals surface area (Å²) < 4.78 is 46.2. The van der Waals surface area contributed by atoms with Crippen molar-refractivity contribution in [3.8, 4) is 22.6 Å². The number of methoxy groups -OCH3 is 1. The Morgan fingerprint density at radius 2 is 1.62 bits per heavy atom. The lowest BCUT2D eigenvalue weighted by molar-refractivity contribution is -0.127. The Bertz CT molecular complexity index is 2890. The number of nitrogens with two attached hydrogens (primary N) is 1. The molecule has 5 aromatic rings. The topological polar surface area (TPSA) is 173 Å². The van der Waals surface area contributed by atoms with Gasteiger partial charge in [0.15, 0.2) is 23.0 Å². The van der Waals surface area contributed by atoms with Gasteiger partial charge in [-0.25, -0.2) is 13.6 Å². The van der Waals surface area contributed by atoms with E-state index in [2.05, 4.69) is 44.1 Å². The Kier molecular flexibility index (Phi) is 13.8. The molecule has 5 aliphatic rings. The van der Waals surface area contributed by atoms with Crippen molar-refractivity contribution in [1.82, 2.24) is 30.6 Å². The summed E-state index contributed by atoms with van der Waals surface area (Å²) in [7, 11) is 3.24. The SMILES string of the molecule is COc1ccc(C(N)=O)c(-c2c(C)c(F)cc3c2[C@H](C)[C@@](CNC2CCC(C(=O)NC4CCC(CN5CCC(c6ccc7c(N8CCC(=O)NC8=O)nn(C)c7c6)CC5)CC4)CC2)(c2ccccc2)O3)c1F. The average Bonchev–Trinajstić information content (AvgIpc) is 3.86. The molecule has 0 unspecified atom stereocenters. The highest BCUT2D eigenvalue weighted by atomic mass is 19.1. The number of nitrogens with zero attached hydrogens (tertiary/aromatic N) is 4. The molecule has 4 aromatic carbocycles. The van der Waals surface area contributed by atoms with Crippen molar-refractivity contribution in [2.45, 2.75) is 114 Å². The molecule has 3 aliphatic heterocycles. The highest BCUT2D eigenvalue weighted by molar-refractivity contribution is 6.09. The standard InChI is InChI=1S/C56H66F2N8O6/c1-32-43(57)29-46-49(48(32)50-42(52(59)68)20-21-45(71-4)51(50)58)33(2)56(72-46,38-8-6-5-7-9-38)31-60-39-17-12-36(13-18-39)54(69)61-40-15-10-34(11-16-40)30-65-25-22-35(23-26-65)37-14-19-41-44(28-37)64(3)63-53(41)66-27-24-47(67)62-55(66)70/h5-9,14,19-21,28-29,33-36,39-40,60H,10-13,15-18,22-27,30-31H2,1-4H3,(H2,59,68)(H,61,69)(H,62,67,70)/t33-,34?,36?,39?,40?,56-/m0/s1. The van der Waals surface area contributed by atoms with Crippen molar-refractivity contribution < 1.29 is 37.4 Å². The van der Waals surface area contributed by atoms with Gasteiger partial charge in [0.2, 0.25) is 17.7 Å². The number of primary amides is 1. The molecule has 10 rings (SSSR count).